The largest absolute Gasteiger partial charge is 0.349 e. The van der Waals surface area contributed by atoms with Gasteiger partial charge in [-0.3, -0.25) is 19.2 Å². The minimum atomic E-state index is -1.20. The zero-order valence-electron chi connectivity index (χ0n) is 17.4. The van der Waals surface area contributed by atoms with Gasteiger partial charge in [-0.05, 0) is 36.4 Å². The first kappa shape index (κ1) is 18.7. The third kappa shape index (κ3) is 2.29. The van der Waals surface area contributed by atoms with Crippen LogP contribution in [0.15, 0.2) is 48.8 Å². The molecule has 3 aromatic heterocycles. The Morgan fingerprint density at radius 2 is 1.97 bits per heavy atom. The van der Waals surface area contributed by atoms with E-state index in [-0.39, 0.29) is 17.6 Å². The summed E-state index contributed by atoms with van der Waals surface area (Å²) in [6.45, 7) is 2.59. The molecule has 10 heteroatoms. The van der Waals surface area contributed by atoms with Gasteiger partial charge in [0, 0.05) is 38.8 Å². The summed E-state index contributed by atoms with van der Waals surface area (Å²) in [5.41, 5.74) is 2.66. The number of imidazole rings is 1. The number of carbonyl (C=O) groups is 2. The highest BCUT2D eigenvalue weighted by molar-refractivity contribution is 5.99. The van der Waals surface area contributed by atoms with Crippen molar-refractivity contribution in [3.05, 3.63) is 60.3 Å². The van der Waals surface area contributed by atoms with Gasteiger partial charge in [-0.2, -0.15) is 9.67 Å². The van der Waals surface area contributed by atoms with Crippen LogP contribution in [0.5, 0.6) is 0 Å². The van der Waals surface area contributed by atoms with Crippen LogP contribution in [0.3, 0.4) is 0 Å². The second kappa shape index (κ2) is 6.22. The zero-order valence-corrected chi connectivity index (χ0v) is 17.4. The number of carbonyl (C=O) groups excluding carboxylic acids is 2. The van der Waals surface area contributed by atoms with Crippen LogP contribution < -0.4 is 9.88 Å². The van der Waals surface area contributed by atoms with E-state index in [9.17, 15) is 14.0 Å². The molecule has 32 heavy (non-hydrogen) atoms. The Hall–Kier alpha value is -4.08. The molecule has 0 radical (unpaired) electrons. The number of aryl methyl sites for hydroxylation is 1. The highest BCUT2D eigenvalue weighted by Crippen LogP contribution is 2.34. The summed E-state index contributed by atoms with van der Waals surface area (Å²) in [4.78, 5) is 27.9. The predicted octanol–water partition coefficient (Wildman–Crippen LogP) is 1.09. The summed E-state index contributed by atoms with van der Waals surface area (Å²) in [6, 6.07) is 9.81. The number of rotatable bonds is 2. The van der Waals surface area contributed by atoms with Crippen molar-refractivity contribution >= 4 is 17.5 Å². The summed E-state index contributed by atoms with van der Waals surface area (Å²) in [6.07, 6.45) is 3.34. The first-order valence-electron chi connectivity index (χ1n) is 10.2. The zero-order chi connectivity index (χ0) is 22.2. The number of piperazine rings is 1. The number of halogens is 1. The smallest absolute Gasteiger partial charge is 0.319 e. The van der Waals surface area contributed by atoms with Crippen molar-refractivity contribution in [2.45, 2.75) is 12.6 Å². The molecule has 9 nitrogen and oxygen atoms in total. The van der Waals surface area contributed by atoms with Crippen LogP contribution in [-0.2, 0) is 17.5 Å². The topological polar surface area (TPSA) is 88.4 Å². The van der Waals surface area contributed by atoms with E-state index >= 15 is 0 Å². The lowest BCUT2D eigenvalue weighted by Gasteiger charge is -2.35. The Morgan fingerprint density at radius 3 is 2.69 bits per heavy atom. The molecule has 0 aliphatic carbocycles. The molecule has 2 aliphatic rings. The van der Waals surface area contributed by atoms with E-state index in [4.69, 9.17) is 5.10 Å². The maximum absolute atomic E-state index is 13.5. The number of aromatic nitrogens is 5. The van der Waals surface area contributed by atoms with Crippen molar-refractivity contribution < 1.29 is 18.5 Å². The van der Waals surface area contributed by atoms with Gasteiger partial charge >= 0.3 is 11.6 Å². The Balaban J connectivity index is 1.70. The number of nitrogens with one attached hydrogen (secondary N) is 1. The SMILES string of the molecule is Cn1nccc1-c1cc(-c2ccc(F)cc2)nn2cc3[n+](c12)C1(C)C(=O)NCCN1C3=O. The maximum Gasteiger partial charge on any atom is 0.319 e. The average Bonchev–Trinajstić information content (AvgIpc) is 3.43. The fraction of sp³-hybridized carbons (Fsp3) is 0.227. The lowest BCUT2D eigenvalue weighted by atomic mass is 10.1. The van der Waals surface area contributed by atoms with Crippen molar-refractivity contribution in [1.82, 2.24) is 29.6 Å². The molecule has 2 aliphatic heterocycles. The van der Waals surface area contributed by atoms with E-state index in [1.54, 1.807) is 50.1 Å². The predicted molar refractivity (Wildman–Crippen MR) is 111 cm³/mol. The summed E-state index contributed by atoms with van der Waals surface area (Å²) in [7, 11) is 1.82. The summed E-state index contributed by atoms with van der Waals surface area (Å²) in [5.74, 6) is -0.793. The number of benzene rings is 1. The van der Waals surface area contributed by atoms with Crippen molar-refractivity contribution in [3.63, 3.8) is 0 Å². The van der Waals surface area contributed by atoms with Crippen LogP contribution in [-0.4, -0.2) is 49.2 Å². The van der Waals surface area contributed by atoms with E-state index in [0.29, 0.717) is 30.1 Å². The number of amides is 2. The van der Waals surface area contributed by atoms with E-state index in [1.807, 2.05) is 19.2 Å². The van der Waals surface area contributed by atoms with Crippen molar-refractivity contribution in [3.8, 4) is 22.5 Å². The minimum absolute atomic E-state index is 0.216. The normalized spacial score (nSPS) is 19.9. The molecule has 1 N–H and O–H groups in total. The molecule has 160 valence electrons. The van der Waals surface area contributed by atoms with Crippen molar-refractivity contribution in [2.75, 3.05) is 13.1 Å². The quantitative estimate of drug-likeness (QED) is 0.481. The highest BCUT2D eigenvalue weighted by Gasteiger charge is 2.60. The Bertz CT molecular complexity index is 1440. The minimum Gasteiger partial charge on any atom is -0.349 e. The Morgan fingerprint density at radius 1 is 1.19 bits per heavy atom. The van der Waals surface area contributed by atoms with Gasteiger partial charge in [-0.15, -0.1) is 0 Å². The molecule has 4 aromatic rings. The van der Waals surface area contributed by atoms with Crippen LogP contribution in [0.25, 0.3) is 28.2 Å². The van der Waals surface area contributed by atoms with Gasteiger partial charge in [0.05, 0.1) is 11.3 Å². The van der Waals surface area contributed by atoms with Crippen LogP contribution in [0.1, 0.15) is 17.4 Å². The van der Waals surface area contributed by atoms with Crippen LogP contribution >= 0.6 is 0 Å². The fourth-order valence-corrected chi connectivity index (χ4v) is 4.75. The first-order chi connectivity index (χ1) is 15.4. The monoisotopic (exact) mass is 432 g/mol. The molecule has 0 spiro atoms. The van der Waals surface area contributed by atoms with Gasteiger partial charge in [0.25, 0.3) is 11.6 Å². The van der Waals surface area contributed by atoms with Gasteiger partial charge in [-0.25, -0.2) is 4.39 Å². The van der Waals surface area contributed by atoms with Crippen LogP contribution in [0, 0.1) is 5.82 Å². The summed E-state index contributed by atoms with van der Waals surface area (Å²) >= 11 is 0. The van der Waals surface area contributed by atoms with Crippen molar-refractivity contribution in [1.29, 1.82) is 0 Å². The first-order valence-corrected chi connectivity index (χ1v) is 10.2. The van der Waals surface area contributed by atoms with E-state index in [0.717, 1.165) is 16.8 Å². The summed E-state index contributed by atoms with van der Waals surface area (Å²) < 4.78 is 18.6. The molecular weight excluding hydrogens is 413 g/mol. The van der Waals surface area contributed by atoms with Gasteiger partial charge in [0.15, 0.2) is 6.20 Å². The number of hydrogen-bond acceptors (Lipinski definition) is 4. The maximum atomic E-state index is 13.5. The lowest BCUT2D eigenvalue weighted by Crippen LogP contribution is -2.71. The second-order valence-corrected chi connectivity index (χ2v) is 8.14. The molecule has 1 aromatic carbocycles. The highest BCUT2D eigenvalue weighted by atomic mass is 19.1. The molecule has 6 rings (SSSR count). The van der Waals surface area contributed by atoms with E-state index in [2.05, 4.69) is 10.4 Å². The number of fused-ring (bicyclic) bond motifs is 5. The lowest BCUT2D eigenvalue weighted by molar-refractivity contribution is -0.731. The second-order valence-electron chi connectivity index (χ2n) is 8.14. The molecule has 5 heterocycles. The van der Waals surface area contributed by atoms with Gasteiger partial charge in [0.1, 0.15) is 11.5 Å². The standard InChI is InChI=1S/C22H18FN7O2/c1-22-21(32)24-9-10-28(22)20(31)18-12-29-19(30(18)22)15(17-7-8-25-27(17)2)11-16(26-29)13-3-5-14(23)6-4-13/h3-8,11-12H,9-10H2,1-2H3/p+1. The van der Waals surface area contributed by atoms with Gasteiger partial charge < -0.3 is 5.32 Å². The van der Waals surface area contributed by atoms with Gasteiger partial charge in [-0.1, -0.05) is 9.61 Å². The molecule has 0 bridgehead atoms. The molecule has 1 atom stereocenters. The van der Waals surface area contributed by atoms with Crippen LogP contribution in [0.4, 0.5) is 4.39 Å². The molecule has 0 saturated carbocycles. The Kier molecular flexibility index (Phi) is 3.63. The average molecular weight is 432 g/mol. The van der Waals surface area contributed by atoms with Gasteiger partial charge in [0.2, 0.25) is 5.69 Å². The third-order valence-corrected chi connectivity index (χ3v) is 6.36. The third-order valence-electron chi connectivity index (χ3n) is 6.36. The van der Waals surface area contributed by atoms with Crippen LogP contribution in [0.2, 0.25) is 0 Å². The molecule has 1 unspecified atom stereocenters. The molecular formula is C22H19FN7O2+. The van der Waals surface area contributed by atoms with E-state index in [1.165, 1.54) is 12.1 Å². The molecule has 2 amide bonds. The van der Waals surface area contributed by atoms with Crippen molar-refractivity contribution in [2.24, 2.45) is 7.05 Å². The number of hydrogen-bond donors (Lipinski definition) is 1. The Labute approximate surface area is 181 Å². The molecule has 1 fully saturated rings. The fourth-order valence-electron chi connectivity index (χ4n) is 4.75. The summed E-state index contributed by atoms with van der Waals surface area (Å²) in [5, 5.41) is 11.9. The van der Waals surface area contributed by atoms with E-state index < -0.39 is 5.66 Å². The number of nitrogens with zero attached hydrogens (tertiary/aromatic N) is 6. The molecule has 1 saturated heterocycles.